The average molecular weight is 466 g/mol. The Morgan fingerprint density at radius 1 is 1.47 bits per heavy atom. The lowest BCUT2D eigenvalue weighted by Gasteiger charge is -2.36. The fourth-order valence-corrected chi connectivity index (χ4v) is 5.43. The first kappa shape index (κ1) is 23.2. The molecule has 1 aromatic rings. The SMILES string of the molecule is CC(COC(=O)C(C)C)NP1(=O)OC[C@H]2O[C@@H](n3ccc(=O)[nH]c3=O)[C@](C)(Cl)[C@@H]2O1. The van der Waals surface area contributed by atoms with E-state index in [9.17, 15) is 18.9 Å². The largest absolute Gasteiger partial charge is 0.464 e. The molecule has 3 rings (SSSR count). The Labute approximate surface area is 177 Å². The number of H-pyrrole nitrogens is 1. The summed E-state index contributed by atoms with van der Waals surface area (Å²) >= 11 is 6.68. The molecule has 0 amide bonds. The number of nitrogens with one attached hydrogen (secondary N) is 2. The number of hydrogen-bond acceptors (Lipinski definition) is 8. The first-order valence-corrected chi connectivity index (χ1v) is 11.4. The van der Waals surface area contributed by atoms with Gasteiger partial charge in [-0.1, -0.05) is 13.8 Å². The number of hydrogen-bond donors (Lipinski definition) is 2. The highest BCUT2D eigenvalue weighted by Crippen LogP contribution is 2.57. The molecule has 2 fully saturated rings. The van der Waals surface area contributed by atoms with E-state index in [2.05, 4.69) is 10.1 Å². The first-order valence-electron chi connectivity index (χ1n) is 9.46. The summed E-state index contributed by atoms with van der Waals surface area (Å²) in [6.45, 7) is 6.56. The molecule has 0 spiro atoms. The van der Waals surface area contributed by atoms with E-state index < -0.39 is 48.3 Å². The number of esters is 1. The number of aromatic amines is 1. The van der Waals surface area contributed by atoms with Gasteiger partial charge < -0.3 is 9.47 Å². The minimum absolute atomic E-state index is 0.0220. The Bertz CT molecular complexity index is 961. The monoisotopic (exact) mass is 465 g/mol. The predicted octanol–water partition coefficient (Wildman–Crippen LogP) is 1.13. The summed E-state index contributed by atoms with van der Waals surface area (Å²) < 4.78 is 36.3. The van der Waals surface area contributed by atoms with E-state index in [1.54, 1.807) is 27.7 Å². The van der Waals surface area contributed by atoms with Crippen LogP contribution in [-0.4, -0.2) is 51.9 Å². The number of halogens is 1. The minimum atomic E-state index is -3.79. The highest BCUT2D eigenvalue weighted by Gasteiger charge is 2.59. The second kappa shape index (κ2) is 8.57. The zero-order valence-electron chi connectivity index (χ0n) is 17.0. The number of nitrogens with zero attached hydrogens (tertiary/aromatic N) is 1. The summed E-state index contributed by atoms with van der Waals surface area (Å²) in [6, 6.07) is 0.653. The van der Waals surface area contributed by atoms with Crippen molar-refractivity contribution in [1.82, 2.24) is 14.6 Å². The summed E-state index contributed by atoms with van der Waals surface area (Å²) in [5.74, 6) is -0.656. The molecule has 2 saturated heterocycles. The molecule has 0 bridgehead atoms. The van der Waals surface area contributed by atoms with Crippen LogP contribution in [0.2, 0.25) is 0 Å². The summed E-state index contributed by atoms with van der Waals surface area (Å²) in [5, 5.41) is 2.72. The van der Waals surface area contributed by atoms with E-state index in [1.807, 2.05) is 0 Å². The van der Waals surface area contributed by atoms with Crippen LogP contribution < -0.4 is 16.3 Å². The van der Waals surface area contributed by atoms with Crippen LogP contribution in [-0.2, 0) is 27.9 Å². The van der Waals surface area contributed by atoms with Crippen molar-refractivity contribution >= 4 is 25.3 Å². The molecule has 168 valence electrons. The van der Waals surface area contributed by atoms with Gasteiger partial charge in [0.1, 0.15) is 23.7 Å². The molecule has 3 heterocycles. The van der Waals surface area contributed by atoms with E-state index >= 15 is 0 Å². The summed E-state index contributed by atoms with van der Waals surface area (Å²) in [6.07, 6.45) is -1.28. The van der Waals surface area contributed by atoms with E-state index in [0.717, 1.165) is 4.57 Å². The molecule has 2 aliphatic rings. The van der Waals surface area contributed by atoms with Crippen LogP contribution in [0.1, 0.15) is 33.9 Å². The van der Waals surface area contributed by atoms with Crippen LogP contribution >= 0.6 is 19.3 Å². The van der Waals surface area contributed by atoms with Crippen LogP contribution in [0.25, 0.3) is 0 Å². The highest BCUT2D eigenvalue weighted by molar-refractivity contribution is 7.51. The molecule has 2 aliphatic heterocycles. The molecule has 0 saturated carbocycles. The number of alkyl halides is 1. The molecule has 0 aromatic carbocycles. The Hall–Kier alpha value is -1.49. The van der Waals surface area contributed by atoms with Crippen LogP contribution in [0, 0.1) is 5.92 Å². The van der Waals surface area contributed by atoms with Gasteiger partial charge in [0.2, 0.25) is 0 Å². The molecular formula is C17H25ClN3O8P. The van der Waals surface area contributed by atoms with Crippen molar-refractivity contribution < 1.29 is 27.9 Å². The zero-order chi connectivity index (χ0) is 22.3. The molecule has 2 unspecified atom stereocenters. The maximum absolute atomic E-state index is 13.1. The summed E-state index contributed by atoms with van der Waals surface area (Å²) in [7, 11) is -3.79. The van der Waals surface area contributed by atoms with Crippen LogP contribution in [0.15, 0.2) is 21.9 Å². The van der Waals surface area contributed by atoms with Gasteiger partial charge in [-0.15, -0.1) is 11.6 Å². The number of aromatic nitrogens is 2. The second-order valence-corrected chi connectivity index (χ2v) is 10.4. The normalized spacial score (nSPS) is 34.5. The highest BCUT2D eigenvalue weighted by atomic mass is 35.5. The number of carbonyl (C=O) groups is 1. The molecular weight excluding hydrogens is 441 g/mol. The maximum Gasteiger partial charge on any atom is 0.406 e. The molecule has 0 radical (unpaired) electrons. The molecule has 0 aliphatic carbocycles. The van der Waals surface area contributed by atoms with Crippen molar-refractivity contribution in [2.24, 2.45) is 5.92 Å². The van der Waals surface area contributed by atoms with Crippen molar-refractivity contribution in [3.8, 4) is 0 Å². The fraction of sp³-hybridized carbons (Fsp3) is 0.706. The van der Waals surface area contributed by atoms with Crippen LogP contribution in [0.4, 0.5) is 0 Å². The van der Waals surface area contributed by atoms with Crippen molar-refractivity contribution in [2.45, 2.75) is 57.0 Å². The lowest BCUT2D eigenvalue weighted by molar-refractivity contribution is -0.147. The summed E-state index contributed by atoms with van der Waals surface area (Å²) in [5.41, 5.74) is -1.25. The van der Waals surface area contributed by atoms with Gasteiger partial charge >= 0.3 is 19.4 Å². The summed E-state index contributed by atoms with van der Waals surface area (Å²) in [4.78, 5) is 35.9. The topological polar surface area (TPSA) is 138 Å². The van der Waals surface area contributed by atoms with Gasteiger partial charge in [0.05, 0.1) is 12.5 Å². The molecule has 13 heteroatoms. The van der Waals surface area contributed by atoms with E-state index in [4.69, 9.17) is 30.1 Å². The maximum atomic E-state index is 13.1. The standard InChI is InChI=1S/C17H25ClN3O8P/c1-9(2)14(23)26-7-10(3)20-30(25)27-8-11-13(29-30)17(4,18)15(28-11)21-6-5-12(22)19-16(21)24/h5-6,9-11,13,15H,7-8H2,1-4H3,(H,20,25)(H,19,22,24)/t10?,11-,13-,15-,17-,30?/m1/s1. The first-order chi connectivity index (χ1) is 13.9. The van der Waals surface area contributed by atoms with Gasteiger partial charge in [-0.25, -0.2) is 14.4 Å². The van der Waals surface area contributed by atoms with Gasteiger partial charge in [0.15, 0.2) is 6.23 Å². The van der Waals surface area contributed by atoms with E-state index in [1.165, 1.54) is 12.3 Å². The predicted molar refractivity (Wildman–Crippen MR) is 106 cm³/mol. The van der Waals surface area contributed by atoms with Crippen molar-refractivity contribution in [3.05, 3.63) is 33.1 Å². The second-order valence-electron chi connectivity index (χ2n) is 7.83. The van der Waals surface area contributed by atoms with Crippen molar-refractivity contribution in [1.29, 1.82) is 0 Å². The number of ether oxygens (including phenoxy) is 2. The van der Waals surface area contributed by atoms with Gasteiger partial charge in [0, 0.05) is 18.3 Å². The Morgan fingerprint density at radius 2 is 2.17 bits per heavy atom. The third-order valence-corrected chi connectivity index (χ3v) is 6.92. The van der Waals surface area contributed by atoms with Gasteiger partial charge in [-0.3, -0.25) is 28.2 Å². The molecule has 6 atom stereocenters. The van der Waals surface area contributed by atoms with Gasteiger partial charge in [-0.2, -0.15) is 0 Å². The number of carbonyl (C=O) groups excluding carboxylic acids is 1. The molecule has 2 N–H and O–H groups in total. The molecule has 30 heavy (non-hydrogen) atoms. The lowest BCUT2D eigenvalue weighted by atomic mass is 10.0. The quantitative estimate of drug-likeness (QED) is 0.359. The number of rotatable bonds is 6. The fourth-order valence-electron chi connectivity index (χ4n) is 3.22. The lowest BCUT2D eigenvalue weighted by Crippen LogP contribution is -2.47. The van der Waals surface area contributed by atoms with Crippen LogP contribution in [0.5, 0.6) is 0 Å². The van der Waals surface area contributed by atoms with Gasteiger partial charge in [-0.05, 0) is 13.8 Å². The van der Waals surface area contributed by atoms with Crippen molar-refractivity contribution in [3.63, 3.8) is 0 Å². The van der Waals surface area contributed by atoms with Crippen molar-refractivity contribution in [2.75, 3.05) is 13.2 Å². The number of fused-ring (bicyclic) bond motifs is 1. The molecule has 11 nitrogen and oxygen atoms in total. The third kappa shape index (κ3) is 4.71. The van der Waals surface area contributed by atoms with Crippen LogP contribution in [0.3, 0.4) is 0 Å². The third-order valence-electron chi connectivity index (χ3n) is 4.77. The Balaban J connectivity index is 1.71. The van der Waals surface area contributed by atoms with E-state index in [0.29, 0.717) is 0 Å². The minimum Gasteiger partial charge on any atom is -0.464 e. The van der Waals surface area contributed by atoms with Gasteiger partial charge in [0.25, 0.3) is 5.56 Å². The Morgan fingerprint density at radius 3 is 2.80 bits per heavy atom. The zero-order valence-corrected chi connectivity index (χ0v) is 18.6. The Kier molecular flexibility index (Phi) is 6.62. The molecule has 1 aromatic heterocycles. The smallest absolute Gasteiger partial charge is 0.406 e. The average Bonchev–Trinajstić information content (AvgIpc) is 2.89. The van der Waals surface area contributed by atoms with E-state index in [-0.39, 0.29) is 25.1 Å².